The number of fused-ring (bicyclic) bond motifs is 1. The number of carbonyl (C=O) groups excluding carboxylic acids is 1. The Morgan fingerprint density at radius 2 is 1.96 bits per heavy atom. The van der Waals surface area contributed by atoms with Gasteiger partial charge in [0.15, 0.2) is 6.10 Å². The Morgan fingerprint density at radius 1 is 1.17 bits per heavy atom. The van der Waals surface area contributed by atoms with Gasteiger partial charge in [0.05, 0.1) is 5.69 Å². The Balaban J connectivity index is 1.89. The van der Waals surface area contributed by atoms with Crippen molar-refractivity contribution in [3.05, 3.63) is 54.1 Å². The monoisotopic (exact) mass is 311 g/mol. The number of benzene rings is 2. The van der Waals surface area contributed by atoms with Crippen LogP contribution in [0.3, 0.4) is 0 Å². The van der Waals surface area contributed by atoms with Crippen LogP contribution in [0.2, 0.25) is 0 Å². The van der Waals surface area contributed by atoms with E-state index < -0.39 is 6.10 Å². The summed E-state index contributed by atoms with van der Waals surface area (Å²) in [5.41, 5.74) is 1.73. The van der Waals surface area contributed by atoms with Crippen molar-refractivity contribution in [1.82, 2.24) is 0 Å². The molecule has 4 nitrogen and oxygen atoms in total. The van der Waals surface area contributed by atoms with Gasteiger partial charge < -0.3 is 14.7 Å². The number of anilines is 1. The molecular formula is C19H21NO3. The lowest BCUT2D eigenvalue weighted by Crippen LogP contribution is -2.47. The van der Waals surface area contributed by atoms with Crippen LogP contribution < -0.4 is 9.64 Å². The topological polar surface area (TPSA) is 49.8 Å². The lowest BCUT2D eigenvalue weighted by atomic mass is 10.0. The van der Waals surface area contributed by atoms with Crippen LogP contribution in [0, 0.1) is 0 Å². The molecule has 2 aromatic carbocycles. The highest BCUT2D eigenvalue weighted by Crippen LogP contribution is 2.37. The zero-order chi connectivity index (χ0) is 16.2. The first-order valence-electron chi connectivity index (χ1n) is 8.04. The summed E-state index contributed by atoms with van der Waals surface area (Å²) in [6, 6.07) is 14.8. The van der Waals surface area contributed by atoms with Gasteiger partial charge in [-0.05, 0) is 24.1 Å². The third-order valence-electron chi connectivity index (χ3n) is 4.04. The van der Waals surface area contributed by atoms with Crippen LogP contribution in [0.1, 0.15) is 25.3 Å². The van der Waals surface area contributed by atoms with Crippen LogP contribution in [0.25, 0.3) is 0 Å². The van der Waals surface area contributed by atoms with E-state index in [0.717, 1.165) is 18.4 Å². The summed E-state index contributed by atoms with van der Waals surface area (Å²) in [5, 5.41) is 9.73. The average molecular weight is 311 g/mol. The Labute approximate surface area is 136 Å². The molecule has 1 N–H and O–H groups in total. The summed E-state index contributed by atoms with van der Waals surface area (Å²) in [6.45, 7) is 2.73. The van der Waals surface area contributed by atoms with Crippen LogP contribution in [0.15, 0.2) is 48.5 Å². The Bertz CT molecular complexity index is 684. The largest absolute Gasteiger partial charge is 0.508 e. The Morgan fingerprint density at radius 3 is 2.70 bits per heavy atom. The minimum absolute atomic E-state index is 0.0413. The number of phenolic OH excluding ortho intramolecular Hbond substituents is 1. The van der Waals surface area contributed by atoms with Gasteiger partial charge in [-0.25, -0.2) is 0 Å². The zero-order valence-electron chi connectivity index (χ0n) is 13.2. The van der Waals surface area contributed by atoms with Crippen molar-refractivity contribution in [3.63, 3.8) is 0 Å². The number of rotatable bonds is 5. The van der Waals surface area contributed by atoms with Crippen molar-refractivity contribution >= 4 is 11.6 Å². The van der Waals surface area contributed by atoms with Crippen LogP contribution in [-0.2, 0) is 11.2 Å². The molecule has 1 amide bonds. The van der Waals surface area contributed by atoms with E-state index in [0.29, 0.717) is 24.4 Å². The molecule has 0 spiro atoms. The molecule has 0 bridgehead atoms. The van der Waals surface area contributed by atoms with Crippen LogP contribution >= 0.6 is 0 Å². The van der Waals surface area contributed by atoms with E-state index in [9.17, 15) is 9.90 Å². The highest BCUT2D eigenvalue weighted by molar-refractivity contribution is 6.00. The molecule has 0 fully saturated rings. The van der Waals surface area contributed by atoms with Crippen molar-refractivity contribution in [2.24, 2.45) is 0 Å². The second-order valence-electron chi connectivity index (χ2n) is 5.79. The fourth-order valence-corrected chi connectivity index (χ4v) is 2.82. The molecule has 2 aromatic rings. The third kappa shape index (κ3) is 3.31. The number of phenols is 1. The number of unbranched alkanes of at least 4 members (excludes halogenated alkanes) is 1. The fraction of sp³-hybridized carbons (Fsp3) is 0.316. The second kappa shape index (κ2) is 6.73. The van der Waals surface area contributed by atoms with Gasteiger partial charge in [0.25, 0.3) is 5.91 Å². The molecule has 1 atom stereocenters. The fourth-order valence-electron chi connectivity index (χ4n) is 2.82. The molecular weight excluding hydrogens is 290 g/mol. The van der Waals surface area contributed by atoms with E-state index in [4.69, 9.17) is 4.74 Å². The summed E-state index contributed by atoms with van der Waals surface area (Å²) in [6.07, 6.45) is 1.94. The van der Waals surface area contributed by atoms with E-state index in [1.807, 2.05) is 30.3 Å². The van der Waals surface area contributed by atoms with Gasteiger partial charge in [0.2, 0.25) is 0 Å². The van der Waals surface area contributed by atoms with Gasteiger partial charge in [-0.3, -0.25) is 4.79 Å². The molecule has 3 rings (SSSR count). The molecule has 1 heterocycles. The van der Waals surface area contributed by atoms with Gasteiger partial charge in [0, 0.05) is 19.0 Å². The number of amides is 1. The normalized spacial score (nSPS) is 16.8. The first-order chi connectivity index (χ1) is 11.2. The van der Waals surface area contributed by atoms with Gasteiger partial charge >= 0.3 is 0 Å². The zero-order valence-corrected chi connectivity index (χ0v) is 13.2. The van der Waals surface area contributed by atoms with Crippen LogP contribution in [0.5, 0.6) is 11.5 Å². The molecule has 0 saturated heterocycles. The summed E-state index contributed by atoms with van der Waals surface area (Å²) < 4.78 is 5.91. The molecule has 1 unspecified atom stereocenters. The van der Waals surface area contributed by atoms with Gasteiger partial charge in [-0.15, -0.1) is 0 Å². The maximum absolute atomic E-state index is 12.8. The number of aromatic hydroxyl groups is 1. The molecule has 0 aromatic heterocycles. The highest BCUT2D eigenvalue weighted by Gasteiger charge is 2.34. The lowest BCUT2D eigenvalue weighted by Gasteiger charge is -2.34. The minimum atomic E-state index is -0.522. The Hall–Kier alpha value is -2.49. The molecule has 4 heteroatoms. The van der Waals surface area contributed by atoms with E-state index in [1.165, 1.54) is 0 Å². The maximum Gasteiger partial charge on any atom is 0.268 e. The van der Waals surface area contributed by atoms with E-state index >= 15 is 0 Å². The van der Waals surface area contributed by atoms with Gasteiger partial charge in [0.1, 0.15) is 11.5 Å². The Kier molecular flexibility index (Phi) is 4.51. The van der Waals surface area contributed by atoms with E-state index in [2.05, 4.69) is 6.92 Å². The molecule has 0 saturated carbocycles. The molecule has 23 heavy (non-hydrogen) atoms. The summed E-state index contributed by atoms with van der Waals surface area (Å²) >= 11 is 0. The molecule has 1 aliphatic heterocycles. The van der Waals surface area contributed by atoms with Crippen molar-refractivity contribution in [1.29, 1.82) is 0 Å². The maximum atomic E-state index is 12.8. The highest BCUT2D eigenvalue weighted by atomic mass is 16.5. The smallest absolute Gasteiger partial charge is 0.268 e. The molecule has 120 valence electrons. The van der Waals surface area contributed by atoms with E-state index in [-0.39, 0.29) is 11.7 Å². The molecule has 1 aliphatic rings. The number of nitrogens with zero attached hydrogens (tertiary/aromatic N) is 1. The predicted molar refractivity (Wildman–Crippen MR) is 89.9 cm³/mol. The summed E-state index contributed by atoms with van der Waals surface area (Å²) in [5.74, 6) is 0.753. The minimum Gasteiger partial charge on any atom is -0.508 e. The van der Waals surface area contributed by atoms with Crippen LogP contribution in [0.4, 0.5) is 5.69 Å². The van der Waals surface area contributed by atoms with Crippen LogP contribution in [-0.4, -0.2) is 23.7 Å². The van der Waals surface area contributed by atoms with Crippen molar-refractivity contribution in [2.45, 2.75) is 32.3 Å². The van der Waals surface area contributed by atoms with Crippen molar-refractivity contribution in [3.8, 4) is 11.5 Å². The summed E-state index contributed by atoms with van der Waals surface area (Å²) in [7, 11) is 0. The first-order valence-corrected chi connectivity index (χ1v) is 8.04. The number of hydrogen-bond donors (Lipinski definition) is 1. The molecule has 0 aliphatic carbocycles. The molecule has 0 radical (unpaired) electrons. The SMILES string of the molecule is CCCCN1C(=O)C(Cc2ccccc2)Oc2ccc(O)cc21. The average Bonchev–Trinajstić information content (AvgIpc) is 2.56. The number of ether oxygens (including phenoxy) is 1. The van der Waals surface area contributed by atoms with E-state index in [1.54, 1.807) is 23.1 Å². The van der Waals surface area contributed by atoms with Crippen molar-refractivity contribution in [2.75, 3.05) is 11.4 Å². The standard InChI is InChI=1S/C19H21NO3/c1-2-3-11-20-16-13-15(21)9-10-17(16)23-18(19(20)22)12-14-7-5-4-6-8-14/h4-10,13,18,21H,2-3,11-12H2,1H3. The number of carbonyl (C=O) groups is 1. The third-order valence-corrected chi connectivity index (χ3v) is 4.04. The van der Waals surface area contributed by atoms with Crippen molar-refractivity contribution < 1.29 is 14.6 Å². The predicted octanol–water partition coefficient (Wildman–Crippen LogP) is 3.53. The van der Waals surface area contributed by atoms with Gasteiger partial charge in [-0.1, -0.05) is 43.7 Å². The quantitative estimate of drug-likeness (QED) is 0.919. The number of hydrogen-bond acceptors (Lipinski definition) is 3. The first kappa shape index (κ1) is 15.4. The summed E-state index contributed by atoms with van der Waals surface area (Å²) in [4.78, 5) is 14.6. The lowest BCUT2D eigenvalue weighted by molar-refractivity contribution is -0.126. The second-order valence-corrected chi connectivity index (χ2v) is 5.79. The van der Waals surface area contributed by atoms with Gasteiger partial charge in [-0.2, -0.15) is 0 Å².